The minimum absolute atomic E-state index is 0.285. The van der Waals surface area contributed by atoms with E-state index in [1.54, 1.807) is 0 Å². The molecule has 0 bridgehead atoms. The van der Waals surface area contributed by atoms with Crippen molar-refractivity contribution in [3.8, 4) is 0 Å². The van der Waals surface area contributed by atoms with Crippen molar-refractivity contribution in [2.24, 2.45) is 0 Å². The van der Waals surface area contributed by atoms with Crippen molar-refractivity contribution in [2.45, 2.75) is 57.2 Å². The van der Waals surface area contributed by atoms with E-state index >= 15 is 0 Å². The number of Topliss-reactive ketones (excluding diaryl/α,β-unsaturated/α-hetero) is 1. The van der Waals surface area contributed by atoms with Gasteiger partial charge >= 0.3 is 0 Å². The molecule has 0 amide bonds. The van der Waals surface area contributed by atoms with Crippen LogP contribution in [0.3, 0.4) is 0 Å². The van der Waals surface area contributed by atoms with Crippen LogP contribution in [-0.2, 0) is 9.53 Å². The molecule has 0 unspecified atom stereocenters. The topological polar surface area (TPSA) is 29.6 Å². The van der Waals surface area contributed by atoms with Crippen molar-refractivity contribution >= 4 is 5.78 Å². The highest BCUT2D eigenvalue weighted by Crippen LogP contribution is 2.47. The summed E-state index contributed by atoms with van der Waals surface area (Å²) < 4.78 is 5.55. The predicted octanol–water partition coefficient (Wildman–Crippen LogP) is 2.07. The number of hydrogen-bond donors (Lipinski definition) is 0. The number of epoxide rings is 1. The molecule has 0 radical (unpaired) electrons. The van der Waals surface area contributed by atoms with Gasteiger partial charge in [-0.1, -0.05) is 26.2 Å². The van der Waals surface area contributed by atoms with E-state index in [0.29, 0.717) is 12.2 Å². The van der Waals surface area contributed by atoms with Gasteiger partial charge in [0, 0.05) is 6.42 Å². The number of ketones is 1. The van der Waals surface area contributed by atoms with Crippen LogP contribution in [-0.4, -0.2) is 17.5 Å². The molecular weight excluding hydrogens is 152 g/mol. The molecule has 0 N–H and O–H groups in total. The van der Waals surface area contributed by atoms with E-state index < -0.39 is 0 Å². The number of hydrogen-bond acceptors (Lipinski definition) is 2. The Hall–Kier alpha value is -0.370. The number of carbonyl (C=O) groups is 1. The van der Waals surface area contributed by atoms with Gasteiger partial charge in [-0.25, -0.2) is 0 Å². The second kappa shape index (κ2) is 2.84. The molecule has 0 aromatic carbocycles. The highest BCUT2D eigenvalue weighted by molar-refractivity contribution is 5.90. The minimum atomic E-state index is -0.300. The van der Waals surface area contributed by atoms with Crippen molar-refractivity contribution in [3.63, 3.8) is 0 Å². The summed E-state index contributed by atoms with van der Waals surface area (Å²) in [7, 11) is 0. The van der Waals surface area contributed by atoms with E-state index in [9.17, 15) is 4.79 Å². The Morgan fingerprint density at radius 2 is 2.33 bits per heavy atom. The molecule has 2 fully saturated rings. The number of carbonyl (C=O) groups excluding carboxylic acids is 1. The highest BCUT2D eigenvalue weighted by atomic mass is 16.6. The van der Waals surface area contributed by atoms with Crippen LogP contribution in [0, 0.1) is 0 Å². The molecule has 0 spiro atoms. The van der Waals surface area contributed by atoms with Crippen LogP contribution < -0.4 is 0 Å². The summed E-state index contributed by atoms with van der Waals surface area (Å²) in [5.74, 6) is 0.328. The molecule has 1 heterocycles. The van der Waals surface area contributed by atoms with Gasteiger partial charge in [0.25, 0.3) is 0 Å². The second-order valence-corrected chi connectivity index (χ2v) is 3.87. The van der Waals surface area contributed by atoms with Crippen molar-refractivity contribution in [3.05, 3.63) is 0 Å². The number of rotatable bonds is 2. The Morgan fingerprint density at radius 1 is 1.50 bits per heavy atom. The van der Waals surface area contributed by atoms with Crippen LogP contribution in [0.5, 0.6) is 0 Å². The molecule has 2 atom stereocenters. The first-order valence-corrected chi connectivity index (χ1v) is 5.01. The van der Waals surface area contributed by atoms with Gasteiger partial charge in [0.2, 0.25) is 0 Å². The Bertz CT molecular complexity index is 200. The molecular formula is C10H16O2. The molecule has 1 aliphatic heterocycles. The first-order valence-electron chi connectivity index (χ1n) is 5.01. The molecule has 0 aromatic rings. The maximum Gasteiger partial charge on any atom is 0.167 e. The average Bonchev–Trinajstić information content (AvgIpc) is 2.76. The predicted molar refractivity (Wildman–Crippen MR) is 46.0 cm³/mol. The fraction of sp³-hybridized carbons (Fsp3) is 0.900. The van der Waals surface area contributed by atoms with Crippen molar-refractivity contribution in [2.75, 3.05) is 0 Å². The Labute approximate surface area is 73.3 Å². The first-order chi connectivity index (χ1) is 5.79. The third-order valence-corrected chi connectivity index (χ3v) is 3.12. The van der Waals surface area contributed by atoms with Gasteiger partial charge in [-0.3, -0.25) is 4.79 Å². The minimum Gasteiger partial charge on any atom is -0.358 e. The van der Waals surface area contributed by atoms with Crippen molar-refractivity contribution in [1.82, 2.24) is 0 Å². The first kappa shape index (κ1) is 8.24. The summed E-state index contributed by atoms with van der Waals surface area (Å²) >= 11 is 0. The van der Waals surface area contributed by atoms with Crippen LogP contribution in [0.1, 0.15) is 45.4 Å². The summed E-state index contributed by atoms with van der Waals surface area (Å²) in [5.41, 5.74) is -0.300. The van der Waals surface area contributed by atoms with E-state index in [1.807, 2.05) is 6.92 Å². The van der Waals surface area contributed by atoms with Gasteiger partial charge in [-0.2, -0.15) is 0 Å². The normalized spacial score (nSPS) is 39.9. The Morgan fingerprint density at radius 3 is 3.08 bits per heavy atom. The zero-order valence-corrected chi connectivity index (χ0v) is 7.64. The fourth-order valence-electron chi connectivity index (χ4n) is 2.31. The molecule has 1 saturated carbocycles. The van der Waals surface area contributed by atoms with Crippen molar-refractivity contribution < 1.29 is 9.53 Å². The van der Waals surface area contributed by atoms with Gasteiger partial charge in [-0.05, 0) is 12.8 Å². The van der Waals surface area contributed by atoms with Crippen molar-refractivity contribution in [1.29, 1.82) is 0 Å². The van der Waals surface area contributed by atoms with E-state index in [0.717, 1.165) is 12.8 Å². The lowest BCUT2D eigenvalue weighted by molar-refractivity contribution is -0.124. The van der Waals surface area contributed by atoms with E-state index in [1.165, 1.54) is 19.3 Å². The molecule has 2 aliphatic rings. The van der Waals surface area contributed by atoms with Crippen LogP contribution in [0.15, 0.2) is 0 Å². The third kappa shape index (κ3) is 1.09. The number of fused-ring (bicyclic) bond motifs is 1. The van der Waals surface area contributed by atoms with Gasteiger partial charge in [0.15, 0.2) is 11.4 Å². The van der Waals surface area contributed by atoms with Crippen LogP contribution >= 0.6 is 0 Å². The molecule has 12 heavy (non-hydrogen) atoms. The summed E-state index contributed by atoms with van der Waals surface area (Å²) in [6.45, 7) is 1.93. The lowest BCUT2D eigenvalue weighted by atomic mass is 9.93. The standard InChI is InChI=1S/C10H16O2/c1-2-8(11)10-7-5-3-4-6-9(10)12-10/h9H,2-7H2,1H3/t9-,10+/m0/s1. The fourth-order valence-corrected chi connectivity index (χ4v) is 2.31. The molecule has 2 heteroatoms. The Balaban J connectivity index is 2.06. The van der Waals surface area contributed by atoms with E-state index in [-0.39, 0.29) is 11.7 Å². The zero-order valence-electron chi connectivity index (χ0n) is 7.64. The van der Waals surface area contributed by atoms with E-state index in [4.69, 9.17) is 4.74 Å². The largest absolute Gasteiger partial charge is 0.358 e. The molecule has 1 aliphatic carbocycles. The molecule has 2 rings (SSSR count). The quantitative estimate of drug-likeness (QED) is 0.591. The van der Waals surface area contributed by atoms with Crippen LogP contribution in [0.2, 0.25) is 0 Å². The monoisotopic (exact) mass is 168 g/mol. The smallest absolute Gasteiger partial charge is 0.167 e. The molecule has 1 saturated heterocycles. The van der Waals surface area contributed by atoms with Gasteiger partial charge in [0.05, 0.1) is 6.10 Å². The van der Waals surface area contributed by atoms with Gasteiger partial charge in [-0.15, -0.1) is 0 Å². The van der Waals surface area contributed by atoms with Crippen LogP contribution in [0.4, 0.5) is 0 Å². The summed E-state index contributed by atoms with van der Waals surface area (Å²) in [6, 6.07) is 0. The molecule has 2 nitrogen and oxygen atoms in total. The summed E-state index contributed by atoms with van der Waals surface area (Å²) in [6.07, 6.45) is 6.68. The van der Waals surface area contributed by atoms with Crippen LogP contribution in [0.25, 0.3) is 0 Å². The lowest BCUT2D eigenvalue weighted by Gasteiger charge is -2.07. The van der Waals surface area contributed by atoms with E-state index in [2.05, 4.69) is 0 Å². The Kier molecular flexibility index (Phi) is 1.95. The number of ether oxygens (including phenoxy) is 1. The summed E-state index contributed by atoms with van der Waals surface area (Å²) in [4.78, 5) is 11.6. The average molecular weight is 168 g/mol. The molecule has 0 aromatic heterocycles. The van der Waals surface area contributed by atoms with Gasteiger partial charge in [0.1, 0.15) is 0 Å². The SMILES string of the molecule is CCC(=O)[C@]12CCCCC[C@@H]1O2. The zero-order chi connectivity index (χ0) is 8.60. The van der Waals surface area contributed by atoms with Gasteiger partial charge < -0.3 is 4.74 Å². The maximum absolute atomic E-state index is 11.6. The highest BCUT2D eigenvalue weighted by Gasteiger charge is 2.60. The maximum atomic E-state index is 11.6. The summed E-state index contributed by atoms with van der Waals surface area (Å²) in [5, 5.41) is 0. The third-order valence-electron chi connectivity index (χ3n) is 3.12. The second-order valence-electron chi connectivity index (χ2n) is 3.87. The molecule has 68 valence electrons. The lowest BCUT2D eigenvalue weighted by Crippen LogP contribution is -2.25.